The summed E-state index contributed by atoms with van der Waals surface area (Å²) in [4.78, 5) is 0. The maximum atomic E-state index is 4.99. The number of hydrogen-bond acceptors (Lipinski definition) is 2. The van der Waals surface area contributed by atoms with Crippen molar-refractivity contribution in [1.82, 2.24) is 5.32 Å². The monoisotopic (exact) mass is 233 g/mol. The summed E-state index contributed by atoms with van der Waals surface area (Å²) in [5.41, 5.74) is 4.67. The van der Waals surface area contributed by atoms with E-state index in [0.29, 0.717) is 0 Å². The first-order valence-corrected chi connectivity index (χ1v) is 6.70. The standard InChI is InChI=1S/C15H23NO/c1-17-11-10-16-9-3-4-13-7-8-14-5-2-6-15(14)12-13/h7-8,12,16H,2-6,9-11H2,1H3. The maximum Gasteiger partial charge on any atom is 0.0587 e. The molecule has 1 aromatic rings. The van der Waals surface area contributed by atoms with Crippen LogP contribution in [0.1, 0.15) is 29.5 Å². The topological polar surface area (TPSA) is 21.3 Å². The van der Waals surface area contributed by atoms with Gasteiger partial charge in [-0.05, 0) is 55.3 Å². The second-order valence-electron chi connectivity index (χ2n) is 4.80. The summed E-state index contributed by atoms with van der Waals surface area (Å²) in [6.45, 7) is 2.85. The first-order chi connectivity index (χ1) is 8.40. The van der Waals surface area contributed by atoms with Crippen LogP contribution >= 0.6 is 0 Å². The van der Waals surface area contributed by atoms with Gasteiger partial charge in [-0.2, -0.15) is 0 Å². The van der Waals surface area contributed by atoms with Gasteiger partial charge in [-0.15, -0.1) is 0 Å². The van der Waals surface area contributed by atoms with Gasteiger partial charge >= 0.3 is 0 Å². The fourth-order valence-electron chi connectivity index (χ4n) is 2.50. The van der Waals surface area contributed by atoms with E-state index in [2.05, 4.69) is 23.5 Å². The van der Waals surface area contributed by atoms with E-state index in [1.54, 1.807) is 18.2 Å². The smallest absolute Gasteiger partial charge is 0.0587 e. The van der Waals surface area contributed by atoms with Gasteiger partial charge < -0.3 is 10.1 Å². The predicted octanol–water partition coefficient (Wildman–Crippen LogP) is 2.34. The number of hydrogen-bond donors (Lipinski definition) is 1. The molecule has 0 spiro atoms. The van der Waals surface area contributed by atoms with Crippen molar-refractivity contribution in [1.29, 1.82) is 0 Å². The summed E-state index contributed by atoms with van der Waals surface area (Å²) in [5.74, 6) is 0. The minimum absolute atomic E-state index is 0.804. The fourth-order valence-corrected chi connectivity index (χ4v) is 2.50. The average molecular weight is 233 g/mol. The Hall–Kier alpha value is -0.860. The van der Waals surface area contributed by atoms with E-state index >= 15 is 0 Å². The van der Waals surface area contributed by atoms with E-state index in [4.69, 9.17) is 4.74 Å². The van der Waals surface area contributed by atoms with Crippen LogP contribution in [-0.2, 0) is 24.0 Å². The predicted molar refractivity (Wildman–Crippen MR) is 71.5 cm³/mol. The van der Waals surface area contributed by atoms with Crippen LogP contribution in [0.25, 0.3) is 0 Å². The van der Waals surface area contributed by atoms with Crippen LogP contribution in [0.4, 0.5) is 0 Å². The van der Waals surface area contributed by atoms with E-state index in [-0.39, 0.29) is 0 Å². The Morgan fingerprint density at radius 2 is 2.06 bits per heavy atom. The van der Waals surface area contributed by atoms with E-state index in [0.717, 1.165) is 19.7 Å². The molecule has 0 saturated carbocycles. The van der Waals surface area contributed by atoms with Crippen LogP contribution < -0.4 is 5.32 Å². The van der Waals surface area contributed by atoms with Gasteiger partial charge in [0.1, 0.15) is 0 Å². The molecule has 0 atom stereocenters. The molecule has 2 nitrogen and oxygen atoms in total. The Morgan fingerprint density at radius 3 is 2.94 bits per heavy atom. The summed E-state index contributed by atoms with van der Waals surface area (Å²) in [5, 5.41) is 3.38. The van der Waals surface area contributed by atoms with E-state index in [1.807, 2.05) is 0 Å². The second kappa shape index (κ2) is 6.77. The van der Waals surface area contributed by atoms with Crippen LogP contribution in [0.3, 0.4) is 0 Å². The number of nitrogens with one attached hydrogen (secondary N) is 1. The van der Waals surface area contributed by atoms with Crippen molar-refractivity contribution in [2.75, 3.05) is 26.8 Å². The number of benzene rings is 1. The maximum absolute atomic E-state index is 4.99. The zero-order valence-electron chi connectivity index (χ0n) is 10.8. The lowest BCUT2D eigenvalue weighted by Crippen LogP contribution is -2.20. The average Bonchev–Trinajstić information content (AvgIpc) is 2.81. The summed E-state index contributed by atoms with van der Waals surface area (Å²) in [6, 6.07) is 7.05. The molecule has 1 N–H and O–H groups in total. The number of methoxy groups -OCH3 is 1. The van der Waals surface area contributed by atoms with Crippen molar-refractivity contribution in [3.05, 3.63) is 34.9 Å². The highest BCUT2D eigenvalue weighted by molar-refractivity contribution is 5.35. The highest BCUT2D eigenvalue weighted by Crippen LogP contribution is 2.23. The molecule has 0 radical (unpaired) electrons. The molecular formula is C15H23NO. The molecule has 0 aromatic heterocycles. The quantitative estimate of drug-likeness (QED) is 0.730. The molecule has 0 aliphatic heterocycles. The third kappa shape index (κ3) is 3.83. The lowest BCUT2D eigenvalue weighted by molar-refractivity contribution is 0.199. The minimum atomic E-state index is 0.804. The third-order valence-corrected chi connectivity index (χ3v) is 3.46. The largest absolute Gasteiger partial charge is 0.383 e. The van der Waals surface area contributed by atoms with Gasteiger partial charge in [0.2, 0.25) is 0 Å². The highest BCUT2D eigenvalue weighted by Gasteiger charge is 2.10. The Bertz CT molecular complexity index is 349. The fraction of sp³-hybridized carbons (Fsp3) is 0.600. The number of aryl methyl sites for hydroxylation is 3. The summed E-state index contributed by atoms with van der Waals surface area (Å²) < 4.78 is 4.99. The van der Waals surface area contributed by atoms with Crippen LogP contribution in [0.2, 0.25) is 0 Å². The Kier molecular flexibility index (Phi) is 5.02. The second-order valence-corrected chi connectivity index (χ2v) is 4.80. The van der Waals surface area contributed by atoms with Gasteiger partial charge in [0.15, 0.2) is 0 Å². The summed E-state index contributed by atoms with van der Waals surface area (Å²) >= 11 is 0. The first-order valence-electron chi connectivity index (χ1n) is 6.70. The zero-order chi connectivity index (χ0) is 11.9. The van der Waals surface area contributed by atoms with Gasteiger partial charge in [0.05, 0.1) is 6.61 Å². The molecule has 0 fully saturated rings. The summed E-state index contributed by atoms with van der Waals surface area (Å²) in [6.07, 6.45) is 6.32. The molecule has 0 saturated heterocycles. The molecule has 0 bridgehead atoms. The van der Waals surface area contributed by atoms with Crippen LogP contribution in [0.5, 0.6) is 0 Å². The van der Waals surface area contributed by atoms with Crippen molar-refractivity contribution in [3.63, 3.8) is 0 Å². The number of fused-ring (bicyclic) bond motifs is 1. The van der Waals surface area contributed by atoms with Gasteiger partial charge in [-0.3, -0.25) is 0 Å². The molecule has 17 heavy (non-hydrogen) atoms. The molecule has 1 aromatic carbocycles. The number of rotatable bonds is 7. The van der Waals surface area contributed by atoms with Crippen molar-refractivity contribution in [2.45, 2.75) is 32.1 Å². The third-order valence-electron chi connectivity index (χ3n) is 3.46. The lowest BCUT2D eigenvalue weighted by Gasteiger charge is -2.06. The van der Waals surface area contributed by atoms with E-state index in [1.165, 1.54) is 37.7 Å². The molecule has 94 valence electrons. The molecular weight excluding hydrogens is 210 g/mol. The highest BCUT2D eigenvalue weighted by atomic mass is 16.5. The van der Waals surface area contributed by atoms with Crippen molar-refractivity contribution in [2.24, 2.45) is 0 Å². The summed E-state index contributed by atoms with van der Waals surface area (Å²) in [7, 11) is 1.74. The van der Waals surface area contributed by atoms with Gasteiger partial charge in [-0.1, -0.05) is 18.2 Å². The van der Waals surface area contributed by atoms with Crippen LogP contribution in [0.15, 0.2) is 18.2 Å². The molecule has 1 aliphatic rings. The van der Waals surface area contributed by atoms with Gasteiger partial charge in [0, 0.05) is 13.7 Å². The Morgan fingerprint density at radius 1 is 1.18 bits per heavy atom. The van der Waals surface area contributed by atoms with Crippen molar-refractivity contribution < 1.29 is 4.74 Å². The Labute approximate surface area is 104 Å². The zero-order valence-corrected chi connectivity index (χ0v) is 10.8. The normalized spacial score (nSPS) is 13.9. The molecule has 2 heteroatoms. The van der Waals surface area contributed by atoms with Gasteiger partial charge in [0.25, 0.3) is 0 Å². The van der Waals surface area contributed by atoms with Gasteiger partial charge in [-0.25, -0.2) is 0 Å². The minimum Gasteiger partial charge on any atom is -0.383 e. The first kappa shape index (κ1) is 12.6. The molecule has 0 amide bonds. The molecule has 2 rings (SSSR count). The number of ether oxygens (including phenoxy) is 1. The molecule has 0 heterocycles. The van der Waals surface area contributed by atoms with E-state index < -0.39 is 0 Å². The van der Waals surface area contributed by atoms with Crippen LogP contribution in [-0.4, -0.2) is 26.8 Å². The van der Waals surface area contributed by atoms with Crippen molar-refractivity contribution in [3.8, 4) is 0 Å². The molecule has 0 unspecified atom stereocenters. The van der Waals surface area contributed by atoms with Crippen LogP contribution in [0, 0.1) is 0 Å². The molecule has 1 aliphatic carbocycles. The van der Waals surface area contributed by atoms with Crippen molar-refractivity contribution >= 4 is 0 Å². The van der Waals surface area contributed by atoms with E-state index in [9.17, 15) is 0 Å². The Balaban J connectivity index is 1.69. The SMILES string of the molecule is COCCNCCCc1ccc2c(c1)CCC2. The lowest BCUT2D eigenvalue weighted by atomic mass is 10.0.